The van der Waals surface area contributed by atoms with Crippen LogP contribution < -0.4 is 4.90 Å². The van der Waals surface area contributed by atoms with Gasteiger partial charge in [-0.1, -0.05) is 121 Å². The van der Waals surface area contributed by atoms with Gasteiger partial charge in [-0.15, -0.1) is 0 Å². The van der Waals surface area contributed by atoms with Crippen molar-refractivity contribution in [2.45, 2.75) is 0 Å². The summed E-state index contributed by atoms with van der Waals surface area (Å²) in [5.41, 5.74) is 5.99. The first-order valence-electron chi connectivity index (χ1n) is 13.5. The molecule has 0 aliphatic rings. The summed E-state index contributed by atoms with van der Waals surface area (Å²) in [6, 6.07) is 54.9. The van der Waals surface area contributed by atoms with Crippen LogP contribution in [0.4, 0.5) is 17.1 Å². The maximum Gasteiger partial charge on any atom is 0.0540 e. The lowest BCUT2D eigenvalue weighted by molar-refractivity contribution is 1.30. The second kappa shape index (κ2) is 8.72. The fraction of sp³-hybridized carbons (Fsp3) is 0. The minimum atomic E-state index is 1.14. The summed E-state index contributed by atoms with van der Waals surface area (Å²) in [6.45, 7) is 0. The predicted octanol–water partition coefficient (Wildman–Crippen LogP) is 10.9. The molecule has 0 saturated heterocycles. The number of para-hydroxylation sites is 2. The van der Waals surface area contributed by atoms with Gasteiger partial charge in [0.1, 0.15) is 0 Å². The Labute approximate surface area is 227 Å². The minimum absolute atomic E-state index is 1.14. The van der Waals surface area contributed by atoms with Crippen molar-refractivity contribution in [1.29, 1.82) is 0 Å². The predicted molar refractivity (Wildman–Crippen MR) is 168 cm³/mol. The molecule has 0 aliphatic carbocycles. The van der Waals surface area contributed by atoms with Crippen LogP contribution in [0, 0.1) is 0 Å². The first-order chi connectivity index (χ1) is 19.4. The Balaban J connectivity index is 1.41. The molecule has 8 rings (SSSR count). The Morgan fingerprint density at radius 1 is 0.308 bits per heavy atom. The molecule has 1 nitrogen and oxygen atoms in total. The summed E-state index contributed by atoms with van der Waals surface area (Å²) < 4.78 is 0. The van der Waals surface area contributed by atoms with Gasteiger partial charge in [-0.3, -0.25) is 0 Å². The molecule has 182 valence electrons. The van der Waals surface area contributed by atoms with E-state index in [1.165, 1.54) is 59.9 Å². The molecule has 0 amide bonds. The molecule has 0 radical (unpaired) electrons. The standard InChI is InChI=1S/C38H25N/c1-3-12-29(13-4-1)39(30-14-5-2-6-15-30)36-25-24-32(31-16-7-8-17-34(31)36)33-22-20-28-19-18-26-10-9-11-27-21-23-35(33)38(28)37(26)27/h1-25H. The third-order valence-electron chi connectivity index (χ3n) is 7.99. The number of rotatable bonds is 4. The molecule has 0 spiro atoms. The summed E-state index contributed by atoms with van der Waals surface area (Å²) >= 11 is 0. The van der Waals surface area contributed by atoms with E-state index < -0.39 is 0 Å². The van der Waals surface area contributed by atoms with Gasteiger partial charge < -0.3 is 4.90 Å². The summed E-state index contributed by atoms with van der Waals surface area (Å²) in [6.07, 6.45) is 0. The van der Waals surface area contributed by atoms with Gasteiger partial charge in [0.15, 0.2) is 0 Å². The summed E-state index contributed by atoms with van der Waals surface area (Å²) in [7, 11) is 0. The van der Waals surface area contributed by atoms with Gasteiger partial charge >= 0.3 is 0 Å². The Kier molecular flexibility index (Phi) is 4.89. The molecule has 8 aromatic carbocycles. The zero-order valence-electron chi connectivity index (χ0n) is 21.4. The molecule has 0 bridgehead atoms. The van der Waals surface area contributed by atoms with E-state index >= 15 is 0 Å². The molecule has 1 heteroatoms. The fourth-order valence-corrected chi connectivity index (χ4v) is 6.26. The van der Waals surface area contributed by atoms with Crippen LogP contribution >= 0.6 is 0 Å². The topological polar surface area (TPSA) is 3.24 Å². The van der Waals surface area contributed by atoms with Crippen LogP contribution in [-0.4, -0.2) is 0 Å². The van der Waals surface area contributed by atoms with Crippen LogP contribution in [0.25, 0.3) is 54.2 Å². The van der Waals surface area contributed by atoms with Gasteiger partial charge in [-0.2, -0.15) is 0 Å². The molecular formula is C38H25N. The SMILES string of the molecule is c1ccc(N(c2ccccc2)c2ccc(-c3ccc4ccc5cccc6ccc3c4c56)c3ccccc23)cc1. The van der Waals surface area contributed by atoms with E-state index in [0.717, 1.165) is 11.4 Å². The normalized spacial score (nSPS) is 11.6. The maximum atomic E-state index is 2.36. The van der Waals surface area contributed by atoms with Crippen molar-refractivity contribution in [3.8, 4) is 11.1 Å². The van der Waals surface area contributed by atoms with Crippen LogP contribution in [0.15, 0.2) is 152 Å². The maximum absolute atomic E-state index is 2.36. The number of hydrogen-bond donors (Lipinski definition) is 0. The zero-order chi connectivity index (χ0) is 25.8. The van der Waals surface area contributed by atoms with Gasteiger partial charge in [0.05, 0.1) is 5.69 Å². The molecule has 0 saturated carbocycles. The highest BCUT2D eigenvalue weighted by Crippen LogP contribution is 2.44. The van der Waals surface area contributed by atoms with Crippen molar-refractivity contribution in [2.24, 2.45) is 0 Å². The second-order valence-corrected chi connectivity index (χ2v) is 10.2. The third kappa shape index (κ3) is 3.41. The zero-order valence-corrected chi connectivity index (χ0v) is 21.4. The average Bonchev–Trinajstić information content (AvgIpc) is 3.01. The first kappa shape index (κ1) is 21.9. The Morgan fingerprint density at radius 3 is 1.51 bits per heavy atom. The van der Waals surface area contributed by atoms with Crippen LogP contribution in [0.1, 0.15) is 0 Å². The molecule has 0 fully saturated rings. The van der Waals surface area contributed by atoms with E-state index in [1.54, 1.807) is 0 Å². The largest absolute Gasteiger partial charge is 0.310 e. The van der Waals surface area contributed by atoms with Crippen molar-refractivity contribution in [2.75, 3.05) is 4.90 Å². The molecule has 0 unspecified atom stereocenters. The van der Waals surface area contributed by atoms with E-state index in [4.69, 9.17) is 0 Å². The molecule has 0 N–H and O–H groups in total. The number of nitrogens with zero attached hydrogens (tertiary/aromatic N) is 1. The number of benzene rings is 8. The molecule has 0 atom stereocenters. The van der Waals surface area contributed by atoms with E-state index in [1.807, 2.05) is 0 Å². The fourth-order valence-electron chi connectivity index (χ4n) is 6.26. The van der Waals surface area contributed by atoms with Gasteiger partial charge in [0.25, 0.3) is 0 Å². The van der Waals surface area contributed by atoms with Gasteiger partial charge in [-0.25, -0.2) is 0 Å². The van der Waals surface area contributed by atoms with Crippen LogP contribution in [0.3, 0.4) is 0 Å². The second-order valence-electron chi connectivity index (χ2n) is 10.2. The Hall–Kier alpha value is -5.14. The minimum Gasteiger partial charge on any atom is -0.310 e. The summed E-state index contributed by atoms with van der Waals surface area (Å²) in [5.74, 6) is 0. The van der Waals surface area contributed by atoms with Crippen molar-refractivity contribution in [1.82, 2.24) is 0 Å². The van der Waals surface area contributed by atoms with Crippen molar-refractivity contribution >= 4 is 60.2 Å². The molecule has 8 aromatic rings. The van der Waals surface area contributed by atoms with E-state index in [9.17, 15) is 0 Å². The van der Waals surface area contributed by atoms with Gasteiger partial charge in [-0.05, 0) is 79.2 Å². The molecule has 0 aliphatic heterocycles. The quantitative estimate of drug-likeness (QED) is 0.219. The lowest BCUT2D eigenvalue weighted by atomic mass is 9.88. The van der Waals surface area contributed by atoms with E-state index in [2.05, 4.69) is 157 Å². The lowest BCUT2D eigenvalue weighted by Crippen LogP contribution is -2.10. The molecule has 39 heavy (non-hydrogen) atoms. The summed E-state index contributed by atoms with van der Waals surface area (Å²) in [4.78, 5) is 2.36. The summed E-state index contributed by atoms with van der Waals surface area (Å²) in [5, 5.41) is 10.4. The van der Waals surface area contributed by atoms with Gasteiger partial charge in [0.2, 0.25) is 0 Å². The highest BCUT2D eigenvalue weighted by atomic mass is 15.1. The Bertz CT molecular complexity index is 2050. The number of hydrogen-bond acceptors (Lipinski definition) is 1. The van der Waals surface area contributed by atoms with Crippen LogP contribution in [0.5, 0.6) is 0 Å². The smallest absolute Gasteiger partial charge is 0.0540 e. The van der Waals surface area contributed by atoms with Crippen LogP contribution in [-0.2, 0) is 0 Å². The monoisotopic (exact) mass is 495 g/mol. The first-order valence-corrected chi connectivity index (χ1v) is 13.5. The third-order valence-corrected chi connectivity index (χ3v) is 7.99. The number of fused-ring (bicyclic) bond motifs is 1. The molecule has 0 aromatic heterocycles. The molecular weight excluding hydrogens is 470 g/mol. The van der Waals surface area contributed by atoms with Crippen molar-refractivity contribution in [3.63, 3.8) is 0 Å². The number of anilines is 3. The molecule has 0 heterocycles. The van der Waals surface area contributed by atoms with E-state index in [0.29, 0.717) is 0 Å². The van der Waals surface area contributed by atoms with Crippen LogP contribution in [0.2, 0.25) is 0 Å². The van der Waals surface area contributed by atoms with E-state index in [-0.39, 0.29) is 0 Å². The Morgan fingerprint density at radius 2 is 0.821 bits per heavy atom. The lowest BCUT2D eigenvalue weighted by Gasteiger charge is -2.27. The van der Waals surface area contributed by atoms with Crippen molar-refractivity contribution < 1.29 is 0 Å². The highest BCUT2D eigenvalue weighted by Gasteiger charge is 2.18. The van der Waals surface area contributed by atoms with Gasteiger partial charge in [0, 0.05) is 16.8 Å². The van der Waals surface area contributed by atoms with Crippen molar-refractivity contribution in [3.05, 3.63) is 152 Å². The highest BCUT2D eigenvalue weighted by molar-refractivity contribution is 6.26. The average molecular weight is 496 g/mol.